The first-order valence-corrected chi connectivity index (χ1v) is 3.30. The van der Waals surface area contributed by atoms with Crippen LogP contribution in [0.2, 0.25) is 6.82 Å². The van der Waals surface area contributed by atoms with Crippen LogP contribution in [0, 0.1) is 0 Å². The molecule has 0 aliphatic carbocycles. The molecule has 1 aliphatic rings. The average Bonchev–Trinajstić information content (AvgIpc) is 1.61. The first kappa shape index (κ1) is 7.06. The summed E-state index contributed by atoms with van der Waals surface area (Å²) in [4.78, 5) is 1.88. The molecule has 1 aliphatic heterocycles. The summed E-state index contributed by atoms with van der Waals surface area (Å²) in [5, 5.41) is 17.6. The van der Waals surface area contributed by atoms with Crippen molar-refractivity contribution in [2.24, 2.45) is 0 Å². The Morgan fingerprint density at radius 1 is 1.78 bits per heavy atom. The fourth-order valence-electron chi connectivity index (χ4n) is 1.15. The highest BCUT2D eigenvalue weighted by Crippen LogP contribution is 2.16. The molecule has 0 radical (unpaired) electrons. The van der Waals surface area contributed by atoms with Gasteiger partial charge in [0.15, 0.2) is 0 Å². The molecule has 52 valence electrons. The van der Waals surface area contributed by atoms with Gasteiger partial charge in [0.05, 0.1) is 6.61 Å². The van der Waals surface area contributed by atoms with E-state index >= 15 is 0 Å². The molecule has 2 N–H and O–H groups in total. The van der Waals surface area contributed by atoms with E-state index in [2.05, 4.69) is 0 Å². The van der Waals surface area contributed by atoms with Crippen molar-refractivity contribution in [2.45, 2.75) is 19.3 Å². The van der Waals surface area contributed by atoms with Gasteiger partial charge in [-0.25, -0.2) is 0 Å². The van der Waals surface area contributed by atoms with E-state index in [1.807, 2.05) is 4.81 Å². The summed E-state index contributed by atoms with van der Waals surface area (Å²) in [5.41, 5.74) is 0. The minimum atomic E-state index is -0.393. The van der Waals surface area contributed by atoms with E-state index in [0.717, 1.165) is 13.0 Å². The van der Waals surface area contributed by atoms with Crippen LogP contribution in [0.25, 0.3) is 0 Å². The lowest BCUT2D eigenvalue weighted by Crippen LogP contribution is -2.56. The summed E-state index contributed by atoms with van der Waals surface area (Å²) in [7, 11) is -0.393. The van der Waals surface area contributed by atoms with Crippen LogP contribution < -0.4 is 0 Å². The zero-order valence-electron chi connectivity index (χ0n) is 5.62. The molecule has 1 heterocycles. The fraction of sp³-hybridized carbons (Fsp3) is 1.00. The van der Waals surface area contributed by atoms with E-state index in [0.29, 0.717) is 0 Å². The molecule has 1 rings (SSSR count). The van der Waals surface area contributed by atoms with Gasteiger partial charge in [-0.3, -0.25) is 0 Å². The van der Waals surface area contributed by atoms with Crippen LogP contribution >= 0.6 is 0 Å². The number of rotatable bonds is 2. The Bertz CT molecular complexity index is 97.0. The van der Waals surface area contributed by atoms with Gasteiger partial charge in [-0.05, 0) is 19.8 Å². The van der Waals surface area contributed by atoms with Crippen molar-refractivity contribution in [1.29, 1.82) is 0 Å². The van der Waals surface area contributed by atoms with Gasteiger partial charge in [-0.2, -0.15) is 0 Å². The summed E-state index contributed by atoms with van der Waals surface area (Å²) in [5.74, 6) is 0. The zero-order chi connectivity index (χ0) is 6.85. The lowest BCUT2D eigenvalue weighted by atomic mass is 9.78. The normalized spacial score (nSPS) is 27.7. The Hall–Kier alpha value is -0.0551. The largest absolute Gasteiger partial charge is 0.437 e. The fourth-order valence-corrected chi connectivity index (χ4v) is 1.15. The molecule has 4 heteroatoms. The van der Waals surface area contributed by atoms with Crippen molar-refractivity contribution in [2.75, 3.05) is 13.2 Å². The molecule has 0 aromatic heterocycles. The van der Waals surface area contributed by atoms with Crippen LogP contribution in [0.15, 0.2) is 0 Å². The zero-order valence-corrected chi connectivity index (χ0v) is 5.62. The third kappa shape index (κ3) is 1.26. The van der Waals surface area contributed by atoms with Gasteiger partial charge in [-0.1, -0.05) is 0 Å². The third-order valence-electron chi connectivity index (χ3n) is 1.88. The van der Waals surface area contributed by atoms with E-state index in [4.69, 9.17) is 10.1 Å². The van der Waals surface area contributed by atoms with Crippen LogP contribution in [-0.2, 0) is 0 Å². The smallest absolute Gasteiger partial charge is 0.376 e. The predicted molar refractivity (Wildman–Crippen MR) is 36.0 cm³/mol. The van der Waals surface area contributed by atoms with E-state index in [1.54, 1.807) is 6.82 Å². The van der Waals surface area contributed by atoms with Crippen LogP contribution in [0.5, 0.6) is 0 Å². The Balaban J connectivity index is 2.27. The molecule has 0 bridgehead atoms. The van der Waals surface area contributed by atoms with Gasteiger partial charge >= 0.3 is 7.05 Å². The molecule has 0 amide bonds. The molecule has 1 fully saturated rings. The second-order valence-corrected chi connectivity index (χ2v) is 2.49. The highest BCUT2D eigenvalue weighted by Gasteiger charge is 2.32. The van der Waals surface area contributed by atoms with Crippen LogP contribution in [0.4, 0.5) is 0 Å². The maximum absolute atomic E-state index is 8.99. The Morgan fingerprint density at radius 2 is 2.44 bits per heavy atom. The number of hydrogen-bond acceptors (Lipinski definition) is 3. The van der Waals surface area contributed by atoms with Crippen LogP contribution in [0.1, 0.15) is 6.42 Å². The van der Waals surface area contributed by atoms with Gasteiger partial charge in [0.25, 0.3) is 0 Å². The maximum Gasteiger partial charge on any atom is 0.376 e. The molecule has 1 atom stereocenters. The van der Waals surface area contributed by atoms with Crippen molar-refractivity contribution in [3.05, 3.63) is 0 Å². The van der Waals surface area contributed by atoms with Gasteiger partial charge in [-0.15, -0.1) is 0 Å². The quantitative estimate of drug-likeness (QED) is 0.478. The topological polar surface area (TPSA) is 43.7 Å². The van der Waals surface area contributed by atoms with Gasteiger partial charge in [0.2, 0.25) is 0 Å². The monoisotopic (exact) mass is 129 g/mol. The van der Waals surface area contributed by atoms with Crippen LogP contribution in [0.3, 0.4) is 0 Å². The molecular weight excluding hydrogens is 117 g/mol. The Kier molecular flexibility index (Phi) is 2.11. The molecule has 0 saturated carbocycles. The molecule has 1 saturated heterocycles. The van der Waals surface area contributed by atoms with E-state index in [-0.39, 0.29) is 12.6 Å². The van der Waals surface area contributed by atoms with Gasteiger partial charge in [0.1, 0.15) is 0 Å². The molecule has 0 aromatic rings. The van der Waals surface area contributed by atoms with Gasteiger partial charge < -0.3 is 14.9 Å². The summed E-state index contributed by atoms with van der Waals surface area (Å²) < 4.78 is 0. The molecule has 0 spiro atoms. The minimum Gasteiger partial charge on any atom is -0.437 e. The minimum absolute atomic E-state index is 0.172. The first-order chi connectivity index (χ1) is 4.25. The summed E-state index contributed by atoms with van der Waals surface area (Å²) in [6.07, 6.45) is 1.02. The standard InChI is InChI=1S/C5H12BNO2/c1-6(9)7-3-2-5(7)4-8/h5,8-9H,2-4H2,1H3/t5-/m0/s1. The highest BCUT2D eigenvalue weighted by atomic mass is 16.3. The summed E-state index contributed by atoms with van der Waals surface area (Å²) in [6.45, 7) is 2.82. The molecule has 0 unspecified atom stereocenters. The Morgan fingerprint density at radius 3 is 2.56 bits per heavy atom. The van der Waals surface area contributed by atoms with E-state index < -0.39 is 7.05 Å². The van der Waals surface area contributed by atoms with Crippen molar-refractivity contribution in [1.82, 2.24) is 4.81 Å². The second kappa shape index (κ2) is 2.69. The molecule has 0 aromatic carbocycles. The van der Waals surface area contributed by atoms with E-state index in [9.17, 15) is 0 Å². The summed E-state index contributed by atoms with van der Waals surface area (Å²) in [6, 6.07) is 0.213. The summed E-state index contributed by atoms with van der Waals surface area (Å²) >= 11 is 0. The first-order valence-electron chi connectivity index (χ1n) is 3.30. The van der Waals surface area contributed by atoms with Crippen molar-refractivity contribution in [3.63, 3.8) is 0 Å². The van der Waals surface area contributed by atoms with Crippen molar-refractivity contribution >= 4 is 7.05 Å². The van der Waals surface area contributed by atoms with Crippen molar-refractivity contribution in [3.8, 4) is 0 Å². The van der Waals surface area contributed by atoms with Gasteiger partial charge in [0, 0.05) is 6.04 Å². The SMILES string of the molecule is CB(O)N1CC[C@H]1CO. The lowest BCUT2D eigenvalue weighted by Gasteiger charge is -2.40. The molecule has 3 nitrogen and oxygen atoms in total. The van der Waals surface area contributed by atoms with E-state index in [1.165, 1.54) is 0 Å². The molecule has 9 heavy (non-hydrogen) atoms. The number of nitrogens with zero attached hydrogens (tertiary/aromatic N) is 1. The highest BCUT2D eigenvalue weighted by molar-refractivity contribution is 6.45. The third-order valence-corrected chi connectivity index (χ3v) is 1.88. The second-order valence-electron chi connectivity index (χ2n) is 2.49. The van der Waals surface area contributed by atoms with Crippen molar-refractivity contribution < 1.29 is 10.1 Å². The number of aliphatic hydroxyl groups excluding tert-OH is 1. The number of hydrogen-bond donors (Lipinski definition) is 2. The average molecular weight is 129 g/mol. The molecular formula is C5H12BNO2. The number of aliphatic hydroxyl groups is 1. The lowest BCUT2D eigenvalue weighted by molar-refractivity contribution is 0.0993. The predicted octanol–water partition coefficient (Wildman–Crippen LogP) is -0.837. The van der Waals surface area contributed by atoms with Crippen LogP contribution in [-0.4, -0.2) is 41.2 Å². The maximum atomic E-state index is 8.99. The Labute approximate surface area is 55.4 Å².